The summed E-state index contributed by atoms with van der Waals surface area (Å²) in [6.07, 6.45) is 19.6. The maximum absolute atomic E-state index is 5.33. The lowest BCUT2D eigenvalue weighted by molar-refractivity contribution is 0.580. The zero-order chi connectivity index (χ0) is 18.3. The summed E-state index contributed by atoms with van der Waals surface area (Å²) in [5, 5.41) is 0. The highest BCUT2D eigenvalue weighted by Gasteiger charge is 2.37. The fourth-order valence-corrected chi connectivity index (χ4v) is 4.54. The van der Waals surface area contributed by atoms with Gasteiger partial charge in [-0.3, -0.25) is 0 Å². The molecule has 1 heteroatoms. The van der Waals surface area contributed by atoms with Gasteiger partial charge in [-0.25, -0.2) is 0 Å². The van der Waals surface area contributed by atoms with Crippen LogP contribution in [-0.2, 0) is 0 Å². The van der Waals surface area contributed by atoms with E-state index < -0.39 is 0 Å². The minimum atomic E-state index is -0.185. The van der Waals surface area contributed by atoms with E-state index >= 15 is 0 Å². The first-order valence-corrected chi connectivity index (χ1v) is 10.3. The van der Waals surface area contributed by atoms with E-state index in [1.807, 2.05) is 0 Å². The van der Waals surface area contributed by atoms with Crippen molar-refractivity contribution in [1.82, 2.24) is 0 Å². The second-order valence-corrected chi connectivity index (χ2v) is 8.39. The highest BCUT2D eigenvalue weighted by atomic mass is 32.1. The van der Waals surface area contributed by atoms with Crippen molar-refractivity contribution >= 4 is 12.6 Å². The van der Waals surface area contributed by atoms with E-state index in [9.17, 15) is 0 Å². The Morgan fingerprint density at radius 3 is 2.52 bits per heavy atom. The largest absolute Gasteiger partial charge is 0.162 e. The second kappa shape index (κ2) is 9.51. The number of allylic oxidation sites excluding steroid dienone is 6. The molecular weight excluding hydrogens is 320 g/mol. The summed E-state index contributed by atoms with van der Waals surface area (Å²) >= 11 is 5.33. The molecule has 1 unspecified atom stereocenters. The van der Waals surface area contributed by atoms with Crippen molar-refractivity contribution in [3.63, 3.8) is 0 Å². The first kappa shape index (κ1) is 20.1. The van der Waals surface area contributed by atoms with Gasteiger partial charge in [0.25, 0.3) is 0 Å². The molecular formula is C24H34S. The quantitative estimate of drug-likeness (QED) is 0.177. The van der Waals surface area contributed by atoms with Crippen molar-refractivity contribution in [2.24, 2.45) is 0 Å². The Morgan fingerprint density at radius 1 is 1.24 bits per heavy atom. The summed E-state index contributed by atoms with van der Waals surface area (Å²) in [7, 11) is 0. The number of hydrogen-bond acceptors (Lipinski definition) is 1. The van der Waals surface area contributed by atoms with Crippen LogP contribution < -0.4 is 0 Å². The van der Waals surface area contributed by atoms with Crippen LogP contribution in [0.4, 0.5) is 0 Å². The molecule has 0 aromatic heterocycles. The van der Waals surface area contributed by atoms with Gasteiger partial charge in [-0.2, -0.15) is 12.6 Å². The van der Waals surface area contributed by atoms with Crippen LogP contribution in [0, 0.1) is 0 Å². The lowest BCUT2D eigenvalue weighted by Gasteiger charge is -2.37. The van der Waals surface area contributed by atoms with E-state index in [2.05, 4.69) is 57.4 Å². The van der Waals surface area contributed by atoms with E-state index in [-0.39, 0.29) is 4.75 Å². The Balaban J connectivity index is 2.42. The molecule has 0 amide bonds. The molecule has 0 saturated carbocycles. The molecule has 2 aliphatic carbocycles. The van der Waals surface area contributed by atoms with Crippen molar-refractivity contribution in [2.45, 2.75) is 83.3 Å². The first-order valence-electron chi connectivity index (χ1n) is 9.87. The average molecular weight is 355 g/mol. The van der Waals surface area contributed by atoms with E-state index in [0.717, 1.165) is 32.1 Å². The summed E-state index contributed by atoms with van der Waals surface area (Å²) in [6.45, 7) is 10.8. The third kappa shape index (κ3) is 5.16. The van der Waals surface area contributed by atoms with Crippen LogP contribution in [0.2, 0.25) is 0 Å². The van der Waals surface area contributed by atoms with Gasteiger partial charge < -0.3 is 0 Å². The van der Waals surface area contributed by atoms with Gasteiger partial charge in [0.05, 0.1) is 4.75 Å². The van der Waals surface area contributed by atoms with Crippen LogP contribution in [-0.4, -0.2) is 4.75 Å². The van der Waals surface area contributed by atoms with Crippen LogP contribution in [0.15, 0.2) is 64.5 Å². The van der Waals surface area contributed by atoms with E-state index in [1.165, 1.54) is 53.5 Å². The van der Waals surface area contributed by atoms with E-state index in [0.29, 0.717) is 0 Å². The standard InChI is InChI=1S/C24H34S/c1-5-6-7-11-17-24(25,22-15-12-16-22)23(20(4)18-19(2)3)21-13-9-8-10-14-21/h9,12-14,25H,2,5-8,10-11,15,17-18H2,1,3-4H3/b23-20-. The lowest BCUT2D eigenvalue weighted by atomic mass is 9.75. The van der Waals surface area contributed by atoms with Crippen LogP contribution >= 0.6 is 12.6 Å². The van der Waals surface area contributed by atoms with Crippen molar-refractivity contribution in [2.75, 3.05) is 0 Å². The summed E-state index contributed by atoms with van der Waals surface area (Å²) in [5.41, 5.74) is 10.2. The van der Waals surface area contributed by atoms with Gasteiger partial charge >= 0.3 is 0 Å². The molecule has 136 valence electrons. The molecule has 0 saturated heterocycles. The molecule has 2 rings (SSSR count). The number of hydrogen-bond donors (Lipinski definition) is 1. The minimum absolute atomic E-state index is 0.185. The van der Waals surface area contributed by atoms with Crippen LogP contribution in [0.1, 0.15) is 78.6 Å². The molecule has 0 spiro atoms. The molecule has 0 aromatic carbocycles. The van der Waals surface area contributed by atoms with E-state index in [1.54, 1.807) is 0 Å². The fraction of sp³-hybridized carbons (Fsp3) is 0.542. The molecule has 0 aromatic rings. The summed E-state index contributed by atoms with van der Waals surface area (Å²) < 4.78 is -0.185. The van der Waals surface area contributed by atoms with Crippen LogP contribution in [0.25, 0.3) is 0 Å². The van der Waals surface area contributed by atoms with Crippen molar-refractivity contribution in [3.05, 3.63) is 64.5 Å². The molecule has 25 heavy (non-hydrogen) atoms. The third-order valence-electron chi connectivity index (χ3n) is 5.16. The van der Waals surface area contributed by atoms with Crippen LogP contribution in [0.5, 0.6) is 0 Å². The van der Waals surface area contributed by atoms with E-state index in [4.69, 9.17) is 12.6 Å². The number of rotatable bonds is 10. The highest BCUT2D eigenvalue weighted by molar-refractivity contribution is 7.82. The van der Waals surface area contributed by atoms with Gasteiger partial charge in [0.2, 0.25) is 0 Å². The maximum Gasteiger partial charge on any atom is 0.0669 e. The Kier molecular flexibility index (Phi) is 7.66. The molecule has 0 N–H and O–H groups in total. The van der Waals surface area contributed by atoms with Crippen molar-refractivity contribution in [3.8, 4) is 0 Å². The Bertz CT molecular complexity index is 650. The average Bonchev–Trinajstić information content (AvgIpc) is 2.50. The molecule has 0 heterocycles. The van der Waals surface area contributed by atoms with Crippen LogP contribution in [0.3, 0.4) is 0 Å². The number of unbranched alkanes of at least 4 members (excludes halogenated alkanes) is 3. The first-order chi connectivity index (χ1) is 12.0. The highest BCUT2D eigenvalue weighted by Crippen LogP contribution is 2.47. The van der Waals surface area contributed by atoms with Gasteiger partial charge in [-0.1, -0.05) is 68.6 Å². The Labute approximate surface area is 160 Å². The SMILES string of the molecule is C=C(C)C/C(C)=C(/C1=CCCC=C1)C(S)(CCCCCC)C1=C=CC1. The monoisotopic (exact) mass is 354 g/mol. The van der Waals surface area contributed by atoms with Crippen molar-refractivity contribution in [1.29, 1.82) is 0 Å². The molecule has 0 nitrogen and oxygen atoms in total. The molecule has 0 radical (unpaired) electrons. The molecule has 0 fully saturated rings. The Hall–Kier alpha value is -1.17. The number of thiol groups is 1. The van der Waals surface area contributed by atoms with Gasteiger partial charge in [0.1, 0.15) is 0 Å². The van der Waals surface area contributed by atoms with Gasteiger partial charge in [-0.15, -0.1) is 5.73 Å². The predicted molar refractivity (Wildman–Crippen MR) is 115 cm³/mol. The molecule has 0 bridgehead atoms. The fourth-order valence-electron chi connectivity index (χ4n) is 3.90. The second-order valence-electron chi connectivity index (χ2n) is 7.63. The third-order valence-corrected chi connectivity index (χ3v) is 5.88. The smallest absolute Gasteiger partial charge is 0.0669 e. The van der Waals surface area contributed by atoms with Gasteiger partial charge in [0, 0.05) is 6.42 Å². The zero-order valence-electron chi connectivity index (χ0n) is 16.3. The maximum atomic E-state index is 5.33. The minimum Gasteiger partial charge on any atom is -0.162 e. The summed E-state index contributed by atoms with van der Waals surface area (Å²) in [4.78, 5) is 0. The molecule has 0 aliphatic heterocycles. The Morgan fingerprint density at radius 2 is 2.00 bits per heavy atom. The predicted octanol–water partition coefficient (Wildman–Crippen LogP) is 7.67. The zero-order valence-corrected chi connectivity index (χ0v) is 17.2. The molecule has 2 aliphatic rings. The summed E-state index contributed by atoms with van der Waals surface area (Å²) in [5.74, 6) is 0. The van der Waals surface area contributed by atoms with Gasteiger partial charge in [0.15, 0.2) is 0 Å². The molecule has 1 atom stereocenters. The summed E-state index contributed by atoms with van der Waals surface area (Å²) in [6, 6.07) is 0. The topological polar surface area (TPSA) is 0 Å². The van der Waals surface area contributed by atoms with Crippen molar-refractivity contribution < 1.29 is 0 Å². The lowest BCUT2D eigenvalue weighted by Crippen LogP contribution is -2.31. The normalized spacial score (nSPS) is 19.5. The van der Waals surface area contributed by atoms with Gasteiger partial charge in [-0.05, 0) is 62.3 Å².